The Morgan fingerprint density at radius 3 is 2.18 bits per heavy atom. The zero-order valence-electron chi connectivity index (χ0n) is 18.8. The number of carbonyl (C=O) groups excluding carboxylic acids is 2. The molecule has 2 amide bonds. The predicted molar refractivity (Wildman–Crippen MR) is 131 cm³/mol. The molecule has 0 saturated carbocycles. The number of nitrogens with zero attached hydrogens (tertiary/aromatic N) is 1. The zero-order chi connectivity index (χ0) is 22.9. The van der Waals surface area contributed by atoms with Crippen LogP contribution in [0.4, 0.5) is 5.69 Å². The van der Waals surface area contributed by atoms with Crippen LogP contribution in [0.3, 0.4) is 0 Å². The third kappa shape index (κ3) is 6.22. The van der Waals surface area contributed by atoms with Crippen molar-refractivity contribution in [3.8, 4) is 5.75 Å². The number of anilines is 1. The summed E-state index contributed by atoms with van der Waals surface area (Å²) in [5, 5.41) is 2.92. The van der Waals surface area contributed by atoms with Crippen LogP contribution in [0.25, 0.3) is 0 Å². The molecule has 1 aliphatic rings. The van der Waals surface area contributed by atoms with E-state index in [2.05, 4.69) is 17.4 Å². The Morgan fingerprint density at radius 1 is 0.788 bits per heavy atom. The summed E-state index contributed by atoms with van der Waals surface area (Å²) in [6.45, 7) is 2.12. The maximum Gasteiger partial charge on any atom is 0.259 e. The monoisotopic (exact) mass is 442 g/mol. The van der Waals surface area contributed by atoms with Gasteiger partial charge in [0.2, 0.25) is 0 Å². The second-order valence-electron chi connectivity index (χ2n) is 8.32. The standard InChI is InChI=1S/C28H30N2O3/c31-27(25-12-6-7-13-26(25)33-21-18-22-10-4-3-5-11-22)29-24-16-14-23(15-17-24)28(32)30-19-8-1-2-9-20-30/h3-7,10-17H,1-2,8-9,18-21H2,(H,29,31). The molecule has 0 aliphatic carbocycles. The first kappa shape index (κ1) is 22.6. The van der Waals surface area contributed by atoms with Crippen LogP contribution in [0.5, 0.6) is 5.75 Å². The number of para-hydroxylation sites is 1. The Labute approximate surface area is 195 Å². The minimum absolute atomic E-state index is 0.0620. The van der Waals surface area contributed by atoms with Crippen molar-refractivity contribution < 1.29 is 14.3 Å². The van der Waals surface area contributed by atoms with E-state index in [4.69, 9.17) is 4.74 Å². The third-order valence-electron chi connectivity index (χ3n) is 5.91. The number of carbonyl (C=O) groups is 2. The summed E-state index contributed by atoms with van der Waals surface area (Å²) in [6, 6.07) is 24.5. The van der Waals surface area contributed by atoms with Gasteiger partial charge in [-0.25, -0.2) is 0 Å². The van der Waals surface area contributed by atoms with Gasteiger partial charge in [-0.05, 0) is 54.8 Å². The number of rotatable bonds is 7. The average Bonchev–Trinajstić information content (AvgIpc) is 3.15. The highest BCUT2D eigenvalue weighted by molar-refractivity contribution is 6.06. The molecule has 3 aromatic rings. The van der Waals surface area contributed by atoms with Crippen LogP contribution in [-0.4, -0.2) is 36.4 Å². The molecule has 3 aromatic carbocycles. The molecular weight excluding hydrogens is 412 g/mol. The molecule has 0 unspecified atom stereocenters. The van der Waals surface area contributed by atoms with Crippen LogP contribution in [0.15, 0.2) is 78.9 Å². The normalized spacial score (nSPS) is 13.8. The van der Waals surface area contributed by atoms with Crippen molar-refractivity contribution >= 4 is 17.5 Å². The van der Waals surface area contributed by atoms with Crippen LogP contribution in [0, 0.1) is 0 Å². The molecule has 1 saturated heterocycles. The largest absolute Gasteiger partial charge is 0.492 e. The van der Waals surface area contributed by atoms with Crippen LogP contribution >= 0.6 is 0 Å². The Balaban J connectivity index is 1.36. The van der Waals surface area contributed by atoms with Crippen LogP contribution in [0.2, 0.25) is 0 Å². The van der Waals surface area contributed by atoms with E-state index in [1.54, 1.807) is 30.3 Å². The summed E-state index contributed by atoms with van der Waals surface area (Å²) in [7, 11) is 0. The van der Waals surface area contributed by atoms with E-state index in [1.165, 1.54) is 18.4 Å². The van der Waals surface area contributed by atoms with Gasteiger partial charge in [0, 0.05) is 30.8 Å². The quantitative estimate of drug-likeness (QED) is 0.520. The van der Waals surface area contributed by atoms with Gasteiger partial charge in [0.15, 0.2) is 0 Å². The van der Waals surface area contributed by atoms with Gasteiger partial charge >= 0.3 is 0 Å². The summed E-state index contributed by atoms with van der Waals surface area (Å²) >= 11 is 0. The van der Waals surface area contributed by atoms with E-state index in [9.17, 15) is 9.59 Å². The average molecular weight is 443 g/mol. The van der Waals surface area contributed by atoms with Gasteiger partial charge in [-0.1, -0.05) is 55.3 Å². The summed E-state index contributed by atoms with van der Waals surface area (Å²) in [5.74, 6) is 0.378. The molecular formula is C28H30N2O3. The smallest absolute Gasteiger partial charge is 0.259 e. The fraction of sp³-hybridized carbons (Fsp3) is 0.286. The molecule has 0 bridgehead atoms. The minimum Gasteiger partial charge on any atom is -0.492 e. The van der Waals surface area contributed by atoms with Gasteiger partial charge in [0.25, 0.3) is 11.8 Å². The summed E-state index contributed by atoms with van der Waals surface area (Å²) in [6.07, 6.45) is 5.26. The third-order valence-corrected chi connectivity index (χ3v) is 5.91. The fourth-order valence-electron chi connectivity index (χ4n) is 4.05. The molecule has 0 spiro atoms. The van der Waals surface area contributed by atoms with E-state index in [0.29, 0.717) is 29.2 Å². The second-order valence-corrected chi connectivity index (χ2v) is 8.32. The molecule has 5 heteroatoms. The Kier molecular flexibility index (Phi) is 7.75. The maximum absolute atomic E-state index is 12.9. The molecule has 0 radical (unpaired) electrons. The lowest BCUT2D eigenvalue weighted by Crippen LogP contribution is -2.31. The van der Waals surface area contributed by atoms with Gasteiger partial charge in [-0.2, -0.15) is 0 Å². The van der Waals surface area contributed by atoms with Crippen LogP contribution in [-0.2, 0) is 6.42 Å². The second kappa shape index (κ2) is 11.3. The molecule has 33 heavy (non-hydrogen) atoms. The Bertz CT molecular complexity index is 1060. The van der Waals surface area contributed by atoms with E-state index in [1.807, 2.05) is 41.3 Å². The first-order valence-corrected chi connectivity index (χ1v) is 11.7. The van der Waals surface area contributed by atoms with Gasteiger partial charge in [0.1, 0.15) is 5.75 Å². The molecule has 0 aromatic heterocycles. The number of hydrogen-bond acceptors (Lipinski definition) is 3. The number of likely N-dealkylation sites (tertiary alicyclic amines) is 1. The minimum atomic E-state index is -0.239. The van der Waals surface area contributed by atoms with Crippen molar-refractivity contribution in [1.29, 1.82) is 0 Å². The summed E-state index contributed by atoms with van der Waals surface area (Å²) in [5.41, 5.74) is 2.97. The van der Waals surface area contributed by atoms with E-state index in [-0.39, 0.29) is 11.8 Å². The van der Waals surface area contributed by atoms with E-state index < -0.39 is 0 Å². The highest BCUT2D eigenvalue weighted by Crippen LogP contribution is 2.21. The number of benzene rings is 3. The highest BCUT2D eigenvalue weighted by atomic mass is 16.5. The lowest BCUT2D eigenvalue weighted by atomic mass is 10.1. The van der Waals surface area contributed by atoms with Crippen molar-refractivity contribution in [1.82, 2.24) is 4.90 Å². The lowest BCUT2D eigenvalue weighted by Gasteiger charge is -2.20. The molecule has 0 atom stereocenters. The SMILES string of the molecule is O=C(Nc1ccc(C(=O)N2CCCCCC2)cc1)c1ccccc1OCCc1ccccc1. The summed E-state index contributed by atoms with van der Waals surface area (Å²) < 4.78 is 5.92. The van der Waals surface area contributed by atoms with Crippen LogP contribution < -0.4 is 10.1 Å². The molecule has 4 rings (SSSR count). The van der Waals surface area contributed by atoms with E-state index >= 15 is 0 Å². The number of hydrogen-bond donors (Lipinski definition) is 1. The fourth-order valence-corrected chi connectivity index (χ4v) is 4.05. The Hall–Kier alpha value is -3.60. The highest BCUT2D eigenvalue weighted by Gasteiger charge is 2.18. The van der Waals surface area contributed by atoms with Crippen LogP contribution in [0.1, 0.15) is 52.0 Å². The number of amides is 2. The van der Waals surface area contributed by atoms with Gasteiger partial charge < -0.3 is 15.0 Å². The number of ether oxygens (including phenoxy) is 1. The van der Waals surface area contributed by atoms with Crippen molar-refractivity contribution in [3.05, 3.63) is 95.6 Å². The maximum atomic E-state index is 12.9. The topological polar surface area (TPSA) is 58.6 Å². The molecule has 1 heterocycles. The first-order valence-electron chi connectivity index (χ1n) is 11.7. The van der Waals surface area contributed by atoms with Gasteiger partial charge in [0.05, 0.1) is 12.2 Å². The van der Waals surface area contributed by atoms with Crippen molar-refractivity contribution in [2.45, 2.75) is 32.1 Å². The lowest BCUT2D eigenvalue weighted by molar-refractivity contribution is 0.0761. The first-order chi connectivity index (χ1) is 16.2. The van der Waals surface area contributed by atoms with Crippen molar-refractivity contribution in [3.63, 3.8) is 0 Å². The molecule has 1 fully saturated rings. The number of nitrogens with one attached hydrogen (secondary N) is 1. The van der Waals surface area contributed by atoms with Crippen molar-refractivity contribution in [2.24, 2.45) is 0 Å². The molecule has 1 aliphatic heterocycles. The predicted octanol–water partition coefficient (Wildman–Crippen LogP) is 5.58. The zero-order valence-corrected chi connectivity index (χ0v) is 18.8. The molecule has 1 N–H and O–H groups in total. The molecule has 5 nitrogen and oxygen atoms in total. The van der Waals surface area contributed by atoms with E-state index in [0.717, 1.165) is 32.4 Å². The Morgan fingerprint density at radius 2 is 1.45 bits per heavy atom. The van der Waals surface area contributed by atoms with Gasteiger partial charge in [-0.15, -0.1) is 0 Å². The molecule has 170 valence electrons. The van der Waals surface area contributed by atoms with Gasteiger partial charge in [-0.3, -0.25) is 9.59 Å². The summed E-state index contributed by atoms with van der Waals surface area (Å²) in [4.78, 5) is 27.6. The van der Waals surface area contributed by atoms with Crippen molar-refractivity contribution in [2.75, 3.05) is 25.0 Å².